The predicted molar refractivity (Wildman–Crippen MR) is 121 cm³/mol. The van der Waals surface area contributed by atoms with E-state index in [0.29, 0.717) is 30.8 Å². The number of anilines is 1. The van der Waals surface area contributed by atoms with Gasteiger partial charge in [0.1, 0.15) is 11.8 Å². The normalized spacial score (nSPS) is 16.1. The zero-order valence-corrected chi connectivity index (χ0v) is 18.4. The number of ether oxygens (including phenoxy) is 1. The van der Waals surface area contributed by atoms with Crippen molar-refractivity contribution in [2.75, 3.05) is 12.4 Å². The van der Waals surface area contributed by atoms with Crippen LogP contribution in [0.2, 0.25) is 0 Å². The van der Waals surface area contributed by atoms with Crippen LogP contribution in [0.1, 0.15) is 31.4 Å². The van der Waals surface area contributed by atoms with Gasteiger partial charge in [-0.2, -0.15) is 0 Å². The maximum absolute atomic E-state index is 12.9. The number of hydrogen-bond donors (Lipinski definition) is 3. The van der Waals surface area contributed by atoms with Crippen molar-refractivity contribution in [3.8, 4) is 5.75 Å². The van der Waals surface area contributed by atoms with Gasteiger partial charge < -0.3 is 20.7 Å². The Hall–Kier alpha value is -2.57. The minimum Gasteiger partial charge on any atom is -0.497 e. The van der Waals surface area contributed by atoms with Crippen LogP contribution in [0.4, 0.5) is 5.69 Å². The Bertz CT molecular complexity index is 872. The fraction of sp³-hybridized carbons (Fsp3) is 0.391. The molecule has 0 aliphatic carbocycles. The molecule has 2 atom stereocenters. The first-order valence-electron chi connectivity index (χ1n) is 10.0. The average Bonchev–Trinajstić information content (AvgIpc) is 2.72. The number of benzene rings is 2. The summed E-state index contributed by atoms with van der Waals surface area (Å²) in [6.07, 6.45) is 1.18. The number of hydrogen-bond acceptors (Lipinski definition) is 4. The lowest BCUT2D eigenvalue weighted by molar-refractivity contribution is -0.128. The molecule has 0 spiro atoms. The first-order chi connectivity index (χ1) is 14.0. The summed E-state index contributed by atoms with van der Waals surface area (Å²) in [4.78, 5) is 25.8. The Kier molecular flexibility index (Phi) is 8.69. The molecular formula is C23H30ClN3O3. The van der Waals surface area contributed by atoms with Crippen LogP contribution in [0, 0.1) is 5.92 Å². The van der Waals surface area contributed by atoms with Gasteiger partial charge in [0.15, 0.2) is 0 Å². The molecule has 2 aromatic carbocycles. The highest BCUT2D eigenvalue weighted by atomic mass is 35.5. The first kappa shape index (κ1) is 23.7. The molecule has 7 heteroatoms. The number of carbonyl (C=O) groups is 2. The third-order valence-corrected chi connectivity index (χ3v) is 5.08. The molecule has 2 aromatic rings. The van der Waals surface area contributed by atoms with Gasteiger partial charge in [-0.1, -0.05) is 44.2 Å². The number of halogens is 1. The molecule has 30 heavy (non-hydrogen) atoms. The van der Waals surface area contributed by atoms with Crippen molar-refractivity contribution in [1.82, 2.24) is 10.6 Å². The predicted octanol–water partition coefficient (Wildman–Crippen LogP) is 3.30. The highest BCUT2D eigenvalue weighted by molar-refractivity contribution is 5.98. The second-order valence-corrected chi connectivity index (χ2v) is 7.82. The standard InChI is InChI=1S/C23H29N3O3.ClH/c1-15(2)11-21(23(28)25-18-9-6-10-19(13-18)29-3)26-22(27)20-12-16-7-4-5-8-17(16)14-24-20;/h4-10,13,15,20-21,24H,11-12,14H2,1-3H3,(H,25,28)(H,26,27);1H/t20-,21-;/m0./s1. The van der Waals surface area contributed by atoms with Crippen LogP contribution in [0.5, 0.6) is 5.75 Å². The van der Waals surface area contributed by atoms with Crippen molar-refractivity contribution in [1.29, 1.82) is 0 Å². The smallest absolute Gasteiger partial charge is 0.246 e. The second-order valence-electron chi connectivity index (χ2n) is 7.82. The summed E-state index contributed by atoms with van der Waals surface area (Å²) in [5, 5.41) is 9.12. The first-order valence-corrected chi connectivity index (χ1v) is 10.0. The van der Waals surface area contributed by atoms with Gasteiger partial charge >= 0.3 is 0 Å². The summed E-state index contributed by atoms with van der Waals surface area (Å²) in [6.45, 7) is 4.72. The Labute approximate surface area is 184 Å². The zero-order valence-electron chi connectivity index (χ0n) is 17.6. The van der Waals surface area contributed by atoms with Crippen LogP contribution in [0.3, 0.4) is 0 Å². The minimum atomic E-state index is -0.604. The summed E-state index contributed by atoms with van der Waals surface area (Å²) in [6, 6.07) is 14.3. The molecule has 162 valence electrons. The molecule has 0 unspecified atom stereocenters. The van der Waals surface area contributed by atoms with Crippen molar-refractivity contribution in [2.24, 2.45) is 5.92 Å². The van der Waals surface area contributed by atoms with Gasteiger partial charge in [0.05, 0.1) is 13.2 Å². The SMILES string of the molecule is COc1cccc(NC(=O)[C@H](CC(C)C)NC(=O)[C@@H]2Cc3ccccc3CN2)c1.Cl. The van der Waals surface area contributed by atoms with E-state index < -0.39 is 6.04 Å². The topological polar surface area (TPSA) is 79.5 Å². The van der Waals surface area contributed by atoms with Crippen molar-refractivity contribution in [3.63, 3.8) is 0 Å². The van der Waals surface area contributed by atoms with E-state index in [1.165, 1.54) is 11.1 Å². The number of fused-ring (bicyclic) bond motifs is 1. The molecule has 0 saturated carbocycles. The van der Waals surface area contributed by atoms with Gasteiger partial charge in [0.25, 0.3) is 0 Å². The molecule has 0 saturated heterocycles. The van der Waals surface area contributed by atoms with Crippen LogP contribution in [0.25, 0.3) is 0 Å². The van der Waals surface area contributed by atoms with Gasteiger partial charge in [0.2, 0.25) is 11.8 Å². The number of amides is 2. The lowest BCUT2D eigenvalue weighted by Gasteiger charge is -2.28. The van der Waals surface area contributed by atoms with Crippen molar-refractivity contribution in [3.05, 3.63) is 59.7 Å². The monoisotopic (exact) mass is 431 g/mol. The number of methoxy groups -OCH3 is 1. The van der Waals surface area contributed by atoms with Crippen LogP contribution >= 0.6 is 12.4 Å². The molecule has 6 nitrogen and oxygen atoms in total. The van der Waals surface area contributed by atoms with Crippen molar-refractivity contribution in [2.45, 2.75) is 45.3 Å². The fourth-order valence-electron chi connectivity index (χ4n) is 3.55. The summed E-state index contributed by atoms with van der Waals surface area (Å²) in [5.41, 5.74) is 3.03. The quantitative estimate of drug-likeness (QED) is 0.628. The minimum absolute atomic E-state index is 0. The molecular weight excluding hydrogens is 402 g/mol. The van der Waals surface area contributed by atoms with E-state index in [1.54, 1.807) is 19.2 Å². The maximum Gasteiger partial charge on any atom is 0.246 e. The Morgan fingerprint density at radius 2 is 1.87 bits per heavy atom. The Morgan fingerprint density at radius 3 is 2.57 bits per heavy atom. The van der Waals surface area contributed by atoms with Gasteiger partial charge in [-0.25, -0.2) is 0 Å². The van der Waals surface area contributed by atoms with Crippen LogP contribution in [0.15, 0.2) is 48.5 Å². The van der Waals surface area contributed by atoms with E-state index in [1.807, 2.05) is 38.1 Å². The number of rotatable bonds is 7. The van der Waals surface area contributed by atoms with Gasteiger partial charge in [-0.05, 0) is 42.0 Å². The van der Waals surface area contributed by atoms with E-state index in [2.05, 4.69) is 28.1 Å². The second kappa shape index (κ2) is 11.0. The van der Waals surface area contributed by atoms with Gasteiger partial charge in [-0.3, -0.25) is 9.59 Å². The third-order valence-electron chi connectivity index (χ3n) is 5.08. The molecule has 0 radical (unpaired) electrons. The Balaban J connectivity index is 0.00000320. The fourth-order valence-corrected chi connectivity index (χ4v) is 3.55. The van der Waals surface area contributed by atoms with Gasteiger partial charge in [-0.15, -0.1) is 12.4 Å². The van der Waals surface area contributed by atoms with Crippen molar-refractivity contribution >= 4 is 29.9 Å². The van der Waals surface area contributed by atoms with E-state index in [4.69, 9.17) is 4.74 Å². The maximum atomic E-state index is 12.9. The molecule has 1 heterocycles. The van der Waals surface area contributed by atoms with E-state index in [9.17, 15) is 9.59 Å². The lowest BCUT2D eigenvalue weighted by Crippen LogP contribution is -2.53. The Morgan fingerprint density at radius 1 is 1.13 bits per heavy atom. The summed E-state index contributed by atoms with van der Waals surface area (Å²) < 4.78 is 5.20. The molecule has 3 rings (SSSR count). The largest absolute Gasteiger partial charge is 0.497 e. The van der Waals surface area contributed by atoms with Crippen molar-refractivity contribution < 1.29 is 14.3 Å². The summed E-state index contributed by atoms with van der Waals surface area (Å²) in [7, 11) is 1.58. The highest BCUT2D eigenvalue weighted by Crippen LogP contribution is 2.19. The van der Waals surface area contributed by atoms with E-state index in [-0.39, 0.29) is 36.2 Å². The molecule has 2 amide bonds. The highest BCUT2D eigenvalue weighted by Gasteiger charge is 2.28. The molecule has 3 N–H and O–H groups in total. The summed E-state index contributed by atoms with van der Waals surface area (Å²) in [5.74, 6) is 0.552. The average molecular weight is 432 g/mol. The molecule has 1 aliphatic heterocycles. The number of nitrogens with one attached hydrogen (secondary N) is 3. The molecule has 0 bridgehead atoms. The van der Waals surface area contributed by atoms with Crippen LogP contribution < -0.4 is 20.7 Å². The lowest BCUT2D eigenvalue weighted by atomic mass is 9.95. The van der Waals surface area contributed by atoms with Crippen LogP contribution in [-0.4, -0.2) is 31.0 Å². The molecule has 1 aliphatic rings. The third kappa shape index (κ3) is 6.21. The van der Waals surface area contributed by atoms with E-state index in [0.717, 1.165) is 0 Å². The molecule has 0 aromatic heterocycles. The van der Waals surface area contributed by atoms with Gasteiger partial charge in [0, 0.05) is 18.3 Å². The van der Waals surface area contributed by atoms with Crippen LogP contribution in [-0.2, 0) is 22.6 Å². The molecule has 0 fully saturated rings. The zero-order chi connectivity index (χ0) is 20.8. The van der Waals surface area contributed by atoms with E-state index >= 15 is 0 Å². The summed E-state index contributed by atoms with van der Waals surface area (Å²) >= 11 is 0. The number of carbonyl (C=O) groups excluding carboxylic acids is 2.